The number of thiophene rings is 1. The molecule has 2 rings (SSSR count). The minimum absolute atomic E-state index is 0.118. The Balaban J connectivity index is 1.71. The maximum absolute atomic E-state index is 12.8. The number of amides is 1. The lowest BCUT2D eigenvalue weighted by Gasteiger charge is -2.22. The third-order valence-corrected chi connectivity index (χ3v) is 4.43. The van der Waals surface area contributed by atoms with E-state index >= 15 is 0 Å². The van der Waals surface area contributed by atoms with Crippen molar-refractivity contribution in [2.45, 2.75) is 31.8 Å². The molecular formula is C18H20FNO3S. The number of hydrogen-bond acceptors (Lipinski definition) is 4. The van der Waals surface area contributed by atoms with E-state index in [2.05, 4.69) is 5.32 Å². The van der Waals surface area contributed by atoms with Crippen LogP contribution in [0.1, 0.15) is 42.1 Å². The first-order chi connectivity index (χ1) is 11.4. The first-order valence-corrected chi connectivity index (χ1v) is 8.63. The lowest BCUT2D eigenvalue weighted by atomic mass is 9.99. The third-order valence-electron chi connectivity index (χ3n) is 3.75. The van der Waals surface area contributed by atoms with E-state index in [1.807, 2.05) is 16.8 Å². The van der Waals surface area contributed by atoms with Gasteiger partial charge in [0.15, 0.2) is 5.78 Å². The van der Waals surface area contributed by atoms with Crippen LogP contribution in [0.5, 0.6) is 0 Å². The maximum atomic E-state index is 12.8. The van der Waals surface area contributed by atoms with Crippen molar-refractivity contribution in [1.29, 1.82) is 0 Å². The lowest BCUT2D eigenvalue weighted by Crippen LogP contribution is -2.38. The van der Waals surface area contributed by atoms with Crippen LogP contribution >= 0.6 is 11.3 Å². The van der Waals surface area contributed by atoms with E-state index in [9.17, 15) is 19.1 Å². The van der Waals surface area contributed by atoms with E-state index < -0.39 is 5.60 Å². The number of rotatable bonds is 8. The van der Waals surface area contributed by atoms with Gasteiger partial charge in [-0.1, -0.05) is 0 Å². The van der Waals surface area contributed by atoms with Gasteiger partial charge in [-0.3, -0.25) is 9.59 Å². The number of carbonyl (C=O) groups excluding carboxylic acids is 2. The second-order valence-corrected chi connectivity index (χ2v) is 6.63. The molecule has 1 aromatic heterocycles. The highest BCUT2D eigenvalue weighted by molar-refractivity contribution is 7.08. The van der Waals surface area contributed by atoms with E-state index in [0.29, 0.717) is 12.0 Å². The molecule has 0 saturated carbocycles. The van der Waals surface area contributed by atoms with Gasteiger partial charge in [-0.25, -0.2) is 4.39 Å². The van der Waals surface area contributed by atoms with Crippen molar-refractivity contribution in [2.75, 3.05) is 6.54 Å². The molecule has 0 aliphatic heterocycles. The molecule has 0 spiro atoms. The van der Waals surface area contributed by atoms with Crippen LogP contribution in [-0.2, 0) is 10.4 Å². The number of aliphatic hydroxyl groups is 1. The molecule has 2 N–H and O–H groups in total. The molecule has 0 radical (unpaired) electrons. The SMILES string of the molecule is CC(O)(CNC(=O)CCCC(=O)c1ccc(F)cc1)c1ccsc1. The Morgan fingerprint density at radius 3 is 2.54 bits per heavy atom. The van der Waals surface area contributed by atoms with E-state index in [1.165, 1.54) is 35.6 Å². The quantitative estimate of drug-likeness (QED) is 0.719. The molecular weight excluding hydrogens is 329 g/mol. The molecule has 1 aromatic carbocycles. The second-order valence-electron chi connectivity index (χ2n) is 5.85. The fourth-order valence-corrected chi connectivity index (χ4v) is 3.00. The summed E-state index contributed by atoms with van der Waals surface area (Å²) in [5.41, 5.74) is 0.0936. The van der Waals surface area contributed by atoms with Gasteiger partial charge in [-0.2, -0.15) is 11.3 Å². The van der Waals surface area contributed by atoms with E-state index in [0.717, 1.165) is 5.56 Å². The molecule has 4 nitrogen and oxygen atoms in total. The number of carbonyl (C=O) groups is 2. The standard InChI is InChI=1S/C18H20FNO3S/c1-18(23,14-9-10-24-11-14)12-20-17(22)4-2-3-16(21)13-5-7-15(19)8-6-13/h5-11,23H,2-4,12H2,1H3,(H,20,22). The number of benzene rings is 1. The zero-order chi connectivity index (χ0) is 17.6. The summed E-state index contributed by atoms with van der Waals surface area (Å²) in [7, 11) is 0. The van der Waals surface area contributed by atoms with Crippen LogP contribution in [0.4, 0.5) is 4.39 Å². The number of hydrogen-bond donors (Lipinski definition) is 2. The summed E-state index contributed by atoms with van der Waals surface area (Å²) in [4.78, 5) is 23.8. The normalized spacial score (nSPS) is 13.3. The molecule has 0 aliphatic rings. The molecule has 2 aromatic rings. The van der Waals surface area contributed by atoms with Crippen molar-refractivity contribution >= 4 is 23.0 Å². The molecule has 6 heteroatoms. The molecule has 0 aliphatic carbocycles. The Morgan fingerprint density at radius 1 is 1.21 bits per heavy atom. The fraction of sp³-hybridized carbons (Fsp3) is 0.333. The van der Waals surface area contributed by atoms with Gasteiger partial charge < -0.3 is 10.4 Å². The maximum Gasteiger partial charge on any atom is 0.220 e. The summed E-state index contributed by atoms with van der Waals surface area (Å²) in [5, 5.41) is 16.7. The summed E-state index contributed by atoms with van der Waals surface area (Å²) in [6.07, 6.45) is 0.829. The van der Waals surface area contributed by atoms with Crippen LogP contribution in [0, 0.1) is 5.82 Å². The molecule has 1 heterocycles. The minimum atomic E-state index is -1.11. The zero-order valence-electron chi connectivity index (χ0n) is 13.4. The monoisotopic (exact) mass is 349 g/mol. The topological polar surface area (TPSA) is 66.4 Å². The third kappa shape index (κ3) is 5.25. The van der Waals surface area contributed by atoms with Gasteiger partial charge in [0.1, 0.15) is 11.4 Å². The highest BCUT2D eigenvalue weighted by Crippen LogP contribution is 2.22. The highest BCUT2D eigenvalue weighted by atomic mass is 32.1. The molecule has 1 amide bonds. The van der Waals surface area contributed by atoms with Crippen LogP contribution in [0.25, 0.3) is 0 Å². The summed E-state index contributed by atoms with van der Waals surface area (Å²) >= 11 is 1.48. The van der Waals surface area contributed by atoms with Crippen molar-refractivity contribution in [3.8, 4) is 0 Å². The van der Waals surface area contributed by atoms with Crippen LogP contribution in [0.3, 0.4) is 0 Å². The molecule has 0 fully saturated rings. The molecule has 128 valence electrons. The smallest absolute Gasteiger partial charge is 0.220 e. The summed E-state index contributed by atoms with van der Waals surface area (Å²) < 4.78 is 12.8. The Kier molecular flexibility index (Phi) is 6.23. The average molecular weight is 349 g/mol. The van der Waals surface area contributed by atoms with Gasteiger partial charge in [0.05, 0.1) is 6.54 Å². The first kappa shape index (κ1) is 18.3. The first-order valence-electron chi connectivity index (χ1n) is 7.69. The van der Waals surface area contributed by atoms with Crippen LogP contribution in [-0.4, -0.2) is 23.3 Å². The van der Waals surface area contributed by atoms with E-state index in [-0.39, 0.29) is 36.9 Å². The highest BCUT2D eigenvalue weighted by Gasteiger charge is 2.24. The van der Waals surface area contributed by atoms with E-state index in [1.54, 1.807) is 6.92 Å². The molecule has 1 atom stereocenters. The van der Waals surface area contributed by atoms with Crippen molar-refractivity contribution < 1.29 is 19.1 Å². The van der Waals surface area contributed by atoms with Gasteiger partial charge in [0.25, 0.3) is 0 Å². The van der Waals surface area contributed by atoms with Crippen molar-refractivity contribution in [1.82, 2.24) is 5.32 Å². The molecule has 0 saturated heterocycles. The fourth-order valence-electron chi connectivity index (χ4n) is 2.22. The average Bonchev–Trinajstić information content (AvgIpc) is 3.09. The zero-order valence-corrected chi connectivity index (χ0v) is 14.2. The van der Waals surface area contributed by atoms with Crippen molar-refractivity contribution in [2.24, 2.45) is 0 Å². The Labute approximate surface area is 144 Å². The minimum Gasteiger partial charge on any atom is -0.384 e. The van der Waals surface area contributed by atoms with Gasteiger partial charge in [0.2, 0.25) is 5.91 Å². The van der Waals surface area contributed by atoms with Gasteiger partial charge >= 0.3 is 0 Å². The van der Waals surface area contributed by atoms with Crippen LogP contribution < -0.4 is 5.32 Å². The number of ketones is 1. The van der Waals surface area contributed by atoms with Crippen molar-refractivity contribution in [3.63, 3.8) is 0 Å². The molecule has 0 bridgehead atoms. The predicted octanol–water partition coefficient (Wildman–Crippen LogP) is 3.26. The number of nitrogens with one attached hydrogen (secondary N) is 1. The Morgan fingerprint density at radius 2 is 1.92 bits per heavy atom. The molecule has 24 heavy (non-hydrogen) atoms. The van der Waals surface area contributed by atoms with Gasteiger partial charge in [-0.05, 0) is 60.0 Å². The number of halogens is 1. The van der Waals surface area contributed by atoms with Crippen LogP contribution in [0.2, 0.25) is 0 Å². The largest absolute Gasteiger partial charge is 0.384 e. The number of Topliss-reactive ketones (excluding diaryl/α,β-unsaturated/α-hetero) is 1. The molecule has 1 unspecified atom stereocenters. The lowest BCUT2D eigenvalue weighted by molar-refractivity contribution is -0.122. The van der Waals surface area contributed by atoms with Gasteiger partial charge in [-0.15, -0.1) is 0 Å². The predicted molar refractivity (Wildman–Crippen MR) is 91.5 cm³/mol. The van der Waals surface area contributed by atoms with Crippen molar-refractivity contribution in [3.05, 3.63) is 58.0 Å². The Hall–Kier alpha value is -2.05. The summed E-state index contributed by atoms with van der Waals surface area (Å²) in [6, 6.07) is 7.18. The van der Waals surface area contributed by atoms with Gasteiger partial charge in [0, 0.05) is 18.4 Å². The second kappa shape index (κ2) is 8.17. The Bertz CT molecular complexity index is 681. The summed E-state index contributed by atoms with van der Waals surface area (Å²) in [6.45, 7) is 1.77. The summed E-state index contributed by atoms with van der Waals surface area (Å²) in [5.74, 6) is -0.714. The van der Waals surface area contributed by atoms with Crippen LogP contribution in [0.15, 0.2) is 41.1 Å². The van der Waals surface area contributed by atoms with E-state index in [4.69, 9.17) is 0 Å².